The van der Waals surface area contributed by atoms with E-state index in [0.29, 0.717) is 10.9 Å². The van der Waals surface area contributed by atoms with E-state index in [1.807, 2.05) is 30.3 Å². The molecule has 0 saturated heterocycles. The van der Waals surface area contributed by atoms with Crippen molar-refractivity contribution < 1.29 is 18.8 Å². The van der Waals surface area contributed by atoms with Gasteiger partial charge in [-0.15, -0.1) is 0 Å². The molecule has 2 N–H and O–H groups in total. The van der Waals surface area contributed by atoms with Crippen molar-refractivity contribution in [2.45, 2.75) is 64.2 Å². The number of aromatic nitrogens is 1. The Bertz CT molecular complexity index is 1310. The Balaban J connectivity index is 1.66. The summed E-state index contributed by atoms with van der Waals surface area (Å²) in [6, 6.07) is 13.8. The number of amides is 3. The first kappa shape index (κ1) is 23.1. The zero-order valence-electron chi connectivity index (χ0n) is 19.9. The molecule has 0 bridgehead atoms. The van der Waals surface area contributed by atoms with Crippen LogP contribution < -0.4 is 10.6 Å². The number of rotatable bonds is 5. The lowest BCUT2D eigenvalue weighted by Crippen LogP contribution is -2.64. The van der Waals surface area contributed by atoms with Crippen molar-refractivity contribution in [3.63, 3.8) is 0 Å². The molecule has 1 atom stereocenters. The first-order valence-electron chi connectivity index (χ1n) is 12.0. The van der Waals surface area contributed by atoms with Gasteiger partial charge < -0.3 is 20.1 Å². The van der Waals surface area contributed by atoms with Crippen LogP contribution >= 0.6 is 0 Å². The van der Waals surface area contributed by atoms with E-state index in [1.54, 1.807) is 22.5 Å². The molecule has 7 nitrogen and oxygen atoms in total. The van der Waals surface area contributed by atoms with Crippen LogP contribution in [0.25, 0.3) is 10.9 Å². The first-order valence-corrected chi connectivity index (χ1v) is 12.0. The van der Waals surface area contributed by atoms with Crippen LogP contribution in [0.1, 0.15) is 55.6 Å². The monoisotopic (exact) mass is 476 g/mol. The second kappa shape index (κ2) is 8.83. The molecule has 8 heteroatoms. The molecule has 1 saturated carbocycles. The summed E-state index contributed by atoms with van der Waals surface area (Å²) in [4.78, 5) is 41.5. The molecule has 182 valence electrons. The highest BCUT2D eigenvalue weighted by molar-refractivity contribution is 6.14. The molecule has 2 aromatic carbocycles. The zero-order chi connectivity index (χ0) is 24.7. The van der Waals surface area contributed by atoms with Crippen LogP contribution in [0, 0.1) is 5.82 Å². The van der Waals surface area contributed by atoms with Crippen LogP contribution in [-0.2, 0) is 22.7 Å². The van der Waals surface area contributed by atoms with Crippen LogP contribution in [0.15, 0.2) is 48.5 Å². The number of halogens is 1. The fourth-order valence-electron chi connectivity index (χ4n) is 5.38. The summed E-state index contributed by atoms with van der Waals surface area (Å²) in [5.74, 6) is -1.42. The van der Waals surface area contributed by atoms with Gasteiger partial charge in [0.15, 0.2) is 0 Å². The Labute approximate surface area is 203 Å². The van der Waals surface area contributed by atoms with E-state index in [1.165, 1.54) is 19.1 Å². The van der Waals surface area contributed by atoms with Crippen molar-refractivity contribution in [3.8, 4) is 0 Å². The van der Waals surface area contributed by atoms with E-state index < -0.39 is 11.4 Å². The minimum atomic E-state index is -1.18. The Morgan fingerprint density at radius 3 is 2.51 bits per heavy atom. The summed E-state index contributed by atoms with van der Waals surface area (Å²) in [6.07, 6.45) is 4.01. The largest absolute Gasteiger partial charge is 0.351 e. The Hall–Kier alpha value is -3.68. The molecule has 35 heavy (non-hydrogen) atoms. The number of hydrogen-bond donors (Lipinski definition) is 2. The van der Waals surface area contributed by atoms with E-state index in [0.717, 1.165) is 31.2 Å². The van der Waals surface area contributed by atoms with Gasteiger partial charge in [0, 0.05) is 24.9 Å². The van der Waals surface area contributed by atoms with Crippen LogP contribution in [0.2, 0.25) is 0 Å². The van der Waals surface area contributed by atoms with Gasteiger partial charge in [-0.05, 0) is 43.5 Å². The van der Waals surface area contributed by atoms with Crippen molar-refractivity contribution in [1.82, 2.24) is 14.8 Å². The molecule has 1 fully saturated rings. The highest BCUT2D eigenvalue weighted by atomic mass is 19.1. The topological polar surface area (TPSA) is 83.4 Å². The Kier molecular flexibility index (Phi) is 5.83. The average Bonchev–Trinajstić information content (AvgIpc) is 3.43. The van der Waals surface area contributed by atoms with Gasteiger partial charge in [-0.1, -0.05) is 43.2 Å². The number of nitrogens with zero attached hydrogens (tertiary/aromatic N) is 2. The van der Waals surface area contributed by atoms with Crippen molar-refractivity contribution >= 4 is 34.3 Å². The van der Waals surface area contributed by atoms with Gasteiger partial charge in [-0.3, -0.25) is 14.4 Å². The third-order valence-electron chi connectivity index (χ3n) is 7.20. The molecule has 3 aromatic rings. The highest BCUT2D eigenvalue weighted by Crippen LogP contribution is 2.40. The summed E-state index contributed by atoms with van der Waals surface area (Å²) >= 11 is 0. The molecule has 5 rings (SSSR count). The first-order chi connectivity index (χ1) is 16.8. The van der Waals surface area contributed by atoms with E-state index in [2.05, 4.69) is 10.6 Å². The summed E-state index contributed by atoms with van der Waals surface area (Å²) in [5, 5.41) is 6.35. The maximum absolute atomic E-state index is 14.2. The van der Waals surface area contributed by atoms with Gasteiger partial charge in [0.2, 0.25) is 11.8 Å². The zero-order valence-corrected chi connectivity index (χ0v) is 19.9. The number of hydrogen-bond acceptors (Lipinski definition) is 3. The van der Waals surface area contributed by atoms with Crippen molar-refractivity contribution in [3.05, 3.63) is 65.6 Å². The van der Waals surface area contributed by atoms with E-state index in [4.69, 9.17) is 0 Å². The molecular weight excluding hydrogens is 447 g/mol. The van der Waals surface area contributed by atoms with Crippen molar-refractivity contribution in [2.24, 2.45) is 0 Å². The van der Waals surface area contributed by atoms with Gasteiger partial charge in [0.05, 0.1) is 17.7 Å². The number of nitrogens with one attached hydrogen (secondary N) is 2. The standard InChI is InChI=1S/C27H29FN4O3/c1-17(33)29-23-21-14-19(28)12-13-22(21)31-16-27(2,26(35)30-20-10-6-7-11-20)32(25(34)24(23)31)15-18-8-4-3-5-9-18/h3-5,8-9,12-14,20H,6-7,10-11,15-16H2,1-2H3,(H,29,33)(H,30,35). The maximum atomic E-state index is 14.2. The third kappa shape index (κ3) is 4.07. The fourth-order valence-corrected chi connectivity index (χ4v) is 5.38. The molecule has 1 aliphatic heterocycles. The smallest absolute Gasteiger partial charge is 0.273 e. The molecule has 1 aromatic heterocycles. The Morgan fingerprint density at radius 2 is 1.83 bits per heavy atom. The van der Waals surface area contributed by atoms with Crippen LogP contribution in [-0.4, -0.2) is 38.8 Å². The normalized spacial score (nSPS) is 20.2. The Morgan fingerprint density at radius 1 is 1.11 bits per heavy atom. The number of fused-ring (bicyclic) bond motifs is 3. The van der Waals surface area contributed by atoms with Gasteiger partial charge in [0.25, 0.3) is 5.91 Å². The number of carbonyl (C=O) groups is 3. The lowest BCUT2D eigenvalue weighted by molar-refractivity contribution is -0.133. The molecule has 2 heterocycles. The summed E-state index contributed by atoms with van der Waals surface area (Å²) in [6.45, 7) is 3.54. The van der Waals surface area contributed by atoms with Gasteiger partial charge >= 0.3 is 0 Å². The summed E-state index contributed by atoms with van der Waals surface area (Å²) < 4.78 is 16.0. The molecule has 1 aliphatic carbocycles. The quantitative estimate of drug-likeness (QED) is 0.579. The molecular formula is C27H29FN4O3. The third-order valence-corrected chi connectivity index (χ3v) is 7.20. The average molecular weight is 477 g/mol. The molecule has 3 amide bonds. The second-order valence-corrected chi connectivity index (χ2v) is 9.76. The van der Waals surface area contributed by atoms with Gasteiger partial charge in [-0.2, -0.15) is 0 Å². The second-order valence-electron chi connectivity index (χ2n) is 9.76. The fraction of sp³-hybridized carbons (Fsp3) is 0.370. The highest BCUT2D eigenvalue weighted by Gasteiger charge is 2.49. The molecule has 0 spiro atoms. The van der Waals surface area contributed by atoms with Crippen molar-refractivity contribution in [2.75, 3.05) is 5.32 Å². The van der Waals surface area contributed by atoms with Crippen molar-refractivity contribution in [1.29, 1.82) is 0 Å². The van der Waals surface area contributed by atoms with Crippen LogP contribution in [0.4, 0.5) is 10.1 Å². The van der Waals surface area contributed by atoms with Crippen LogP contribution in [0.5, 0.6) is 0 Å². The number of carbonyl (C=O) groups excluding carboxylic acids is 3. The summed E-state index contributed by atoms with van der Waals surface area (Å²) in [5.41, 5.74) is 0.822. The predicted octanol–water partition coefficient (Wildman–Crippen LogP) is 4.21. The van der Waals surface area contributed by atoms with Gasteiger partial charge in [-0.25, -0.2) is 4.39 Å². The SMILES string of the molecule is CC(=O)Nc1c2n(c3ccc(F)cc13)CC(C)(C(=O)NC1CCCC1)N(Cc1ccccc1)C2=O. The van der Waals surface area contributed by atoms with E-state index >= 15 is 0 Å². The molecule has 2 aliphatic rings. The summed E-state index contributed by atoms with van der Waals surface area (Å²) in [7, 11) is 0. The maximum Gasteiger partial charge on any atom is 0.273 e. The minimum absolute atomic E-state index is 0.0971. The lowest BCUT2D eigenvalue weighted by atomic mass is 9.93. The number of benzene rings is 2. The van der Waals surface area contributed by atoms with E-state index in [-0.39, 0.29) is 48.2 Å². The molecule has 1 unspecified atom stereocenters. The lowest BCUT2D eigenvalue weighted by Gasteiger charge is -2.44. The van der Waals surface area contributed by atoms with E-state index in [9.17, 15) is 18.8 Å². The van der Waals surface area contributed by atoms with Crippen LogP contribution in [0.3, 0.4) is 0 Å². The number of anilines is 1. The minimum Gasteiger partial charge on any atom is -0.351 e. The predicted molar refractivity (Wildman–Crippen MR) is 131 cm³/mol. The van der Waals surface area contributed by atoms with Gasteiger partial charge in [0.1, 0.15) is 17.1 Å². The molecule has 0 radical (unpaired) electrons.